The highest BCUT2D eigenvalue weighted by atomic mass is 16.5. The normalized spacial score (nSPS) is 22.7. The SMILES string of the molecule is CCCC1Oc2c(cccc2C(C)(C)C)C1NC. The lowest BCUT2D eigenvalue weighted by Crippen LogP contribution is -2.28. The van der Waals surface area contributed by atoms with E-state index in [2.05, 4.69) is 51.2 Å². The minimum atomic E-state index is 0.130. The van der Waals surface area contributed by atoms with E-state index in [9.17, 15) is 0 Å². The zero-order valence-electron chi connectivity index (χ0n) is 12.2. The van der Waals surface area contributed by atoms with Crippen LogP contribution in [-0.4, -0.2) is 13.2 Å². The first-order chi connectivity index (χ1) is 8.49. The maximum absolute atomic E-state index is 6.25. The van der Waals surface area contributed by atoms with Crippen LogP contribution in [0, 0.1) is 0 Å². The van der Waals surface area contributed by atoms with Gasteiger partial charge in [-0.25, -0.2) is 0 Å². The lowest BCUT2D eigenvalue weighted by molar-refractivity contribution is 0.179. The number of ether oxygens (including phenoxy) is 1. The molecule has 0 aromatic heterocycles. The molecule has 0 aliphatic carbocycles. The quantitative estimate of drug-likeness (QED) is 0.877. The predicted molar refractivity (Wildman–Crippen MR) is 76.3 cm³/mol. The van der Waals surface area contributed by atoms with E-state index in [1.54, 1.807) is 0 Å². The standard InChI is InChI=1S/C16H25NO/c1-6-8-13-14(17-5)11-9-7-10-12(15(11)18-13)16(2,3)4/h7,9-10,13-14,17H,6,8H2,1-5H3. The van der Waals surface area contributed by atoms with Crippen molar-refractivity contribution in [1.29, 1.82) is 0 Å². The molecule has 2 heteroatoms. The molecule has 0 saturated heterocycles. The van der Waals surface area contributed by atoms with Crippen molar-refractivity contribution < 1.29 is 4.74 Å². The highest BCUT2D eigenvalue weighted by molar-refractivity contribution is 5.49. The summed E-state index contributed by atoms with van der Waals surface area (Å²) in [7, 11) is 2.02. The summed E-state index contributed by atoms with van der Waals surface area (Å²) in [6, 6.07) is 6.88. The fraction of sp³-hybridized carbons (Fsp3) is 0.625. The van der Waals surface area contributed by atoms with E-state index in [0.29, 0.717) is 6.04 Å². The maximum Gasteiger partial charge on any atom is 0.128 e. The number of likely N-dealkylation sites (N-methyl/N-ethyl adjacent to an activating group) is 1. The molecule has 2 nitrogen and oxygen atoms in total. The summed E-state index contributed by atoms with van der Waals surface area (Å²) in [6.07, 6.45) is 2.53. The molecule has 1 aromatic carbocycles. The second-order valence-electron chi connectivity index (χ2n) is 6.19. The van der Waals surface area contributed by atoms with Gasteiger partial charge in [0.1, 0.15) is 11.9 Å². The Kier molecular flexibility index (Phi) is 3.67. The Morgan fingerprint density at radius 3 is 2.56 bits per heavy atom. The fourth-order valence-corrected chi connectivity index (χ4v) is 2.79. The topological polar surface area (TPSA) is 21.3 Å². The molecule has 0 spiro atoms. The molecule has 18 heavy (non-hydrogen) atoms. The molecule has 2 atom stereocenters. The molecule has 1 aliphatic rings. The van der Waals surface area contributed by atoms with Crippen molar-refractivity contribution in [2.75, 3.05) is 7.05 Å². The van der Waals surface area contributed by atoms with Gasteiger partial charge in [0.05, 0.1) is 6.04 Å². The van der Waals surface area contributed by atoms with Gasteiger partial charge in [0.25, 0.3) is 0 Å². The molecule has 1 aliphatic heterocycles. The van der Waals surface area contributed by atoms with E-state index >= 15 is 0 Å². The first-order valence-electron chi connectivity index (χ1n) is 6.96. The predicted octanol–water partition coefficient (Wildman–Crippen LogP) is 3.81. The number of rotatable bonds is 3. The number of hydrogen-bond acceptors (Lipinski definition) is 2. The van der Waals surface area contributed by atoms with Gasteiger partial charge in [-0.2, -0.15) is 0 Å². The van der Waals surface area contributed by atoms with Gasteiger partial charge in [0.15, 0.2) is 0 Å². The van der Waals surface area contributed by atoms with Gasteiger partial charge in [0.2, 0.25) is 0 Å². The zero-order valence-corrected chi connectivity index (χ0v) is 12.2. The molecule has 0 bridgehead atoms. The second-order valence-corrected chi connectivity index (χ2v) is 6.19. The van der Waals surface area contributed by atoms with E-state index in [4.69, 9.17) is 4.74 Å². The van der Waals surface area contributed by atoms with E-state index in [-0.39, 0.29) is 11.5 Å². The summed E-state index contributed by atoms with van der Waals surface area (Å²) in [6.45, 7) is 8.94. The Hall–Kier alpha value is -1.02. The van der Waals surface area contributed by atoms with Crippen LogP contribution in [0.3, 0.4) is 0 Å². The molecular formula is C16H25NO. The molecule has 1 N–H and O–H groups in total. The third-order valence-corrected chi connectivity index (χ3v) is 3.71. The summed E-state index contributed by atoms with van der Waals surface area (Å²) >= 11 is 0. The molecule has 0 fully saturated rings. The van der Waals surface area contributed by atoms with Crippen LogP contribution in [0.1, 0.15) is 57.7 Å². The van der Waals surface area contributed by atoms with Gasteiger partial charge in [-0.05, 0) is 24.4 Å². The summed E-state index contributed by atoms with van der Waals surface area (Å²) in [5.41, 5.74) is 2.77. The van der Waals surface area contributed by atoms with Crippen molar-refractivity contribution in [1.82, 2.24) is 5.32 Å². The Morgan fingerprint density at radius 1 is 1.28 bits per heavy atom. The first-order valence-corrected chi connectivity index (χ1v) is 6.96. The Labute approximate surface area is 111 Å². The number of nitrogens with one attached hydrogen (secondary N) is 1. The van der Waals surface area contributed by atoms with Crippen LogP contribution in [0.2, 0.25) is 0 Å². The molecule has 2 rings (SSSR count). The molecule has 0 amide bonds. The first kappa shape index (κ1) is 13.4. The van der Waals surface area contributed by atoms with E-state index in [1.165, 1.54) is 11.1 Å². The van der Waals surface area contributed by atoms with Crippen molar-refractivity contribution in [3.8, 4) is 5.75 Å². The average Bonchev–Trinajstić information content (AvgIpc) is 2.65. The van der Waals surface area contributed by atoms with E-state index < -0.39 is 0 Å². The van der Waals surface area contributed by atoms with Gasteiger partial charge in [0, 0.05) is 5.56 Å². The van der Waals surface area contributed by atoms with Gasteiger partial charge < -0.3 is 10.1 Å². The van der Waals surface area contributed by atoms with Crippen LogP contribution in [0.5, 0.6) is 5.75 Å². The van der Waals surface area contributed by atoms with E-state index in [1.807, 2.05) is 7.05 Å². The zero-order chi connectivity index (χ0) is 13.3. The van der Waals surface area contributed by atoms with Crippen molar-refractivity contribution in [2.24, 2.45) is 0 Å². The summed E-state index contributed by atoms with van der Waals surface area (Å²) in [5, 5.41) is 3.41. The number of para-hydroxylation sites is 1. The van der Waals surface area contributed by atoms with Gasteiger partial charge >= 0.3 is 0 Å². The van der Waals surface area contributed by atoms with E-state index in [0.717, 1.165) is 18.6 Å². The lowest BCUT2D eigenvalue weighted by Gasteiger charge is -2.22. The Bertz CT molecular complexity index is 420. The van der Waals surface area contributed by atoms with Crippen molar-refractivity contribution in [2.45, 2.75) is 58.1 Å². The molecule has 0 radical (unpaired) electrons. The number of fused-ring (bicyclic) bond motifs is 1. The molecule has 1 aromatic rings. The lowest BCUT2D eigenvalue weighted by atomic mass is 9.84. The summed E-state index contributed by atoms with van der Waals surface area (Å²) < 4.78 is 6.25. The third kappa shape index (κ3) is 2.26. The Balaban J connectivity index is 2.43. The molecule has 100 valence electrons. The largest absolute Gasteiger partial charge is 0.488 e. The van der Waals surface area contributed by atoms with Gasteiger partial charge in [-0.15, -0.1) is 0 Å². The fourth-order valence-electron chi connectivity index (χ4n) is 2.79. The second kappa shape index (κ2) is 4.93. The highest BCUT2D eigenvalue weighted by Crippen LogP contribution is 2.44. The van der Waals surface area contributed by atoms with Crippen LogP contribution in [0.15, 0.2) is 18.2 Å². The number of hydrogen-bond donors (Lipinski definition) is 1. The molecular weight excluding hydrogens is 222 g/mol. The van der Waals surface area contributed by atoms with Crippen LogP contribution < -0.4 is 10.1 Å². The van der Waals surface area contributed by atoms with Gasteiger partial charge in [-0.1, -0.05) is 52.3 Å². The van der Waals surface area contributed by atoms with Crippen LogP contribution >= 0.6 is 0 Å². The highest BCUT2D eigenvalue weighted by Gasteiger charge is 2.35. The van der Waals surface area contributed by atoms with Crippen LogP contribution in [-0.2, 0) is 5.41 Å². The minimum absolute atomic E-state index is 0.130. The summed E-state index contributed by atoms with van der Waals surface area (Å²) in [5.74, 6) is 1.11. The van der Waals surface area contributed by atoms with Crippen molar-refractivity contribution in [3.05, 3.63) is 29.3 Å². The van der Waals surface area contributed by atoms with Gasteiger partial charge in [-0.3, -0.25) is 0 Å². The molecule has 2 unspecified atom stereocenters. The molecule has 1 heterocycles. The van der Waals surface area contributed by atoms with Crippen LogP contribution in [0.25, 0.3) is 0 Å². The minimum Gasteiger partial charge on any atom is -0.488 e. The maximum atomic E-state index is 6.25. The summed E-state index contributed by atoms with van der Waals surface area (Å²) in [4.78, 5) is 0. The molecule has 0 saturated carbocycles. The smallest absolute Gasteiger partial charge is 0.128 e. The monoisotopic (exact) mass is 247 g/mol. The van der Waals surface area contributed by atoms with Crippen molar-refractivity contribution in [3.63, 3.8) is 0 Å². The average molecular weight is 247 g/mol. The number of benzene rings is 1. The third-order valence-electron chi connectivity index (χ3n) is 3.71. The Morgan fingerprint density at radius 2 is 2.00 bits per heavy atom. The van der Waals surface area contributed by atoms with Crippen molar-refractivity contribution >= 4 is 0 Å². The van der Waals surface area contributed by atoms with Crippen LogP contribution in [0.4, 0.5) is 0 Å².